The normalized spacial score (nSPS) is 17.9. The first-order valence-electron chi connectivity index (χ1n) is 14.3. The Morgan fingerprint density at radius 3 is 2.77 bits per heavy atom. The third kappa shape index (κ3) is 5.74. The smallest absolute Gasteiger partial charge is 0.348 e. The standard InChI is InChI=1S/C31H30ClFN4O5S/c1-39-31(38)25-14-24-30(43-25)35-27(37(24)15-20-9-12-40-20)16-36-10-7-18(8-11-36)23-3-2-4-28(34-23)41-17-19-5-6-22(32)21-13-26(33)42-29(19)21/h2-6,13-14,18,20H,7-12,15-17H2,1H3/t20-/m0/s1. The second-order valence-corrected chi connectivity index (χ2v) is 12.4. The van der Waals surface area contributed by atoms with Crippen molar-refractivity contribution in [2.75, 3.05) is 26.8 Å². The lowest BCUT2D eigenvalue weighted by Gasteiger charge is -2.32. The molecule has 0 saturated carbocycles. The molecular weight excluding hydrogens is 595 g/mol. The Labute approximate surface area is 256 Å². The molecule has 4 aromatic heterocycles. The number of likely N-dealkylation sites (tertiary alicyclic amines) is 1. The summed E-state index contributed by atoms with van der Waals surface area (Å²) >= 11 is 7.55. The lowest BCUT2D eigenvalue weighted by Crippen LogP contribution is -2.35. The van der Waals surface area contributed by atoms with Gasteiger partial charge in [-0.3, -0.25) is 4.90 Å². The zero-order valence-electron chi connectivity index (χ0n) is 23.6. The molecule has 7 rings (SSSR count). The van der Waals surface area contributed by atoms with E-state index in [2.05, 4.69) is 9.47 Å². The Morgan fingerprint density at radius 2 is 2.00 bits per heavy atom. The molecule has 0 amide bonds. The summed E-state index contributed by atoms with van der Waals surface area (Å²) in [6, 6.07) is 11.8. The van der Waals surface area contributed by atoms with E-state index in [9.17, 15) is 9.18 Å². The SMILES string of the molecule is COC(=O)c1cc2c(nc(CN3CCC(c4cccc(OCc5ccc(Cl)c6cc(F)oc56)n4)CC3)n2C[C@@H]2CCO2)s1. The molecule has 2 aliphatic rings. The summed E-state index contributed by atoms with van der Waals surface area (Å²) in [5.41, 5.74) is 3.05. The molecule has 0 bridgehead atoms. The highest BCUT2D eigenvalue weighted by molar-refractivity contribution is 7.20. The third-order valence-corrected chi connectivity index (χ3v) is 9.59. The molecule has 0 N–H and O–H groups in total. The number of furan rings is 1. The van der Waals surface area contributed by atoms with Crippen LogP contribution in [0, 0.1) is 6.01 Å². The number of pyridine rings is 1. The van der Waals surface area contributed by atoms with Gasteiger partial charge in [0.2, 0.25) is 5.88 Å². The summed E-state index contributed by atoms with van der Waals surface area (Å²) in [5.74, 6) is 1.49. The number of thiophene rings is 1. The second-order valence-electron chi connectivity index (χ2n) is 11.0. The number of fused-ring (bicyclic) bond motifs is 2. The number of carbonyl (C=O) groups excluding carboxylic acids is 1. The summed E-state index contributed by atoms with van der Waals surface area (Å²) in [7, 11) is 1.40. The maximum atomic E-state index is 13.7. The molecule has 2 fully saturated rings. The van der Waals surface area contributed by atoms with E-state index >= 15 is 0 Å². The fraction of sp³-hybridized carbons (Fsp3) is 0.387. The topological polar surface area (TPSA) is 91.9 Å². The van der Waals surface area contributed by atoms with Crippen molar-refractivity contribution in [1.82, 2.24) is 19.4 Å². The van der Waals surface area contributed by atoms with E-state index in [1.165, 1.54) is 24.5 Å². The van der Waals surface area contributed by atoms with Crippen LogP contribution in [0.1, 0.15) is 51.9 Å². The van der Waals surface area contributed by atoms with Gasteiger partial charge in [0.1, 0.15) is 27.7 Å². The van der Waals surface area contributed by atoms with Gasteiger partial charge in [-0.2, -0.15) is 4.39 Å². The van der Waals surface area contributed by atoms with Crippen LogP contribution in [0.15, 0.2) is 46.9 Å². The second kappa shape index (κ2) is 11.9. The van der Waals surface area contributed by atoms with Gasteiger partial charge >= 0.3 is 5.97 Å². The molecular formula is C31H30ClFN4O5S. The number of methoxy groups -OCH3 is 1. The van der Waals surface area contributed by atoms with Crippen LogP contribution in [0.4, 0.5) is 4.39 Å². The van der Waals surface area contributed by atoms with Crippen LogP contribution < -0.4 is 4.74 Å². The number of carbonyl (C=O) groups is 1. The number of imidazole rings is 1. The molecule has 12 heteroatoms. The summed E-state index contributed by atoms with van der Waals surface area (Å²) < 4.78 is 37.8. The highest BCUT2D eigenvalue weighted by Gasteiger charge is 2.27. The van der Waals surface area contributed by atoms with Gasteiger partial charge < -0.3 is 23.2 Å². The van der Waals surface area contributed by atoms with E-state index in [-0.39, 0.29) is 18.7 Å². The predicted molar refractivity (Wildman–Crippen MR) is 160 cm³/mol. The molecule has 5 aromatic rings. The van der Waals surface area contributed by atoms with Crippen LogP contribution in [0.3, 0.4) is 0 Å². The van der Waals surface area contributed by atoms with Gasteiger partial charge in [0, 0.05) is 41.3 Å². The molecule has 43 heavy (non-hydrogen) atoms. The first-order chi connectivity index (χ1) is 20.9. The van der Waals surface area contributed by atoms with Gasteiger partial charge in [-0.05, 0) is 50.6 Å². The lowest BCUT2D eigenvalue weighted by atomic mass is 9.93. The number of halogens is 2. The van der Waals surface area contributed by atoms with Crippen molar-refractivity contribution in [3.63, 3.8) is 0 Å². The number of ether oxygens (including phenoxy) is 3. The average molecular weight is 625 g/mol. The Bertz CT molecular complexity index is 1790. The van der Waals surface area contributed by atoms with Crippen LogP contribution in [-0.2, 0) is 29.2 Å². The Morgan fingerprint density at radius 1 is 1.16 bits per heavy atom. The minimum absolute atomic E-state index is 0.176. The van der Waals surface area contributed by atoms with Crippen LogP contribution in [0.5, 0.6) is 5.88 Å². The molecule has 0 aliphatic carbocycles. The van der Waals surface area contributed by atoms with Crippen molar-refractivity contribution in [2.24, 2.45) is 0 Å². The number of piperidine rings is 1. The van der Waals surface area contributed by atoms with E-state index in [1.54, 1.807) is 12.1 Å². The number of aromatic nitrogens is 3. The molecule has 0 unspecified atom stereocenters. The van der Waals surface area contributed by atoms with Crippen LogP contribution in [0.2, 0.25) is 5.02 Å². The maximum Gasteiger partial charge on any atom is 0.348 e. The summed E-state index contributed by atoms with van der Waals surface area (Å²) in [5, 5.41) is 0.958. The monoisotopic (exact) mass is 624 g/mol. The van der Waals surface area contributed by atoms with E-state index in [4.69, 9.17) is 40.2 Å². The molecule has 0 spiro atoms. The largest absolute Gasteiger partial charge is 0.473 e. The minimum Gasteiger partial charge on any atom is -0.473 e. The summed E-state index contributed by atoms with van der Waals surface area (Å²) in [6.07, 6.45) is 3.13. The van der Waals surface area contributed by atoms with Crippen LogP contribution in [0.25, 0.3) is 21.3 Å². The zero-order valence-corrected chi connectivity index (χ0v) is 25.1. The number of nitrogens with zero attached hydrogens (tertiary/aromatic N) is 4. The highest BCUT2D eigenvalue weighted by Crippen LogP contribution is 2.33. The van der Waals surface area contributed by atoms with Gasteiger partial charge in [0.15, 0.2) is 0 Å². The predicted octanol–water partition coefficient (Wildman–Crippen LogP) is 6.57. The molecule has 224 valence electrons. The first kappa shape index (κ1) is 28.3. The van der Waals surface area contributed by atoms with Crippen LogP contribution >= 0.6 is 22.9 Å². The van der Waals surface area contributed by atoms with Gasteiger partial charge in [-0.25, -0.2) is 14.8 Å². The number of benzene rings is 1. The van der Waals surface area contributed by atoms with Crippen molar-refractivity contribution >= 4 is 50.2 Å². The minimum atomic E-state index is -0.681. The number of esters is 1. The molecule has 6 heterocycles. The molecule has 1 atom stereocenters. The Kier molecular flexibility index (Phi) is 7.81. The van der Waals surface area contributed by atoms with E-state index in [1.807, 2.05) is 24.3 Å². The van der Waals surface area contributed by atoms with Crippen molar-refractivity contribution in [3.8, 4) is 5.88 Å². The van der Waals surface area contributed by atoms with Crippen molar-refractivity contribution < 1.29 is 27.8 Å². The highest BCUT2D eigenvalue weighted by atomic mass is 35.5. The van der Waals surface area contributed by atoms with Gasteiger partial charge in [0.25, 0.3) is 6.01 Å². The van der Waals surface area contributed by atoms with E-state index in [0.717, 1.165) is 73.9 Å². The lowest BCUT2D eigenvalue weighted by molar-refractivity contribution is -0.0592. The number of hydrogen-bond acceptors (Lipinski definition) is 9. The summed E-state index contributed by atoms with van der Waals surface area (Å²) in [4.78, 5) is 25.7. The number of hydrogen-bond donors (Lipinski definition) is 0. The molecule has 2 saturated heterocycles. The van der Waals surface area contributed by atoms with Gasteiger partial charge in [0.05, 0.1) is 36.8 Å². The quantitative estimate of drug-likeness (QED) is 0.170. The average Bonchev–Trinajstić information content (AvgIpc) is 3.68. The van der Waals surface area contributed by atoms with Crippen molar-refractivity contribution in [3.05, 3.63) is 75.5 Å². The summed E-state index contributed by atoms with van der Waals surface area (Å²) in [6.45, 7) is 4.27. The number of rotatable bonds is 9. The fourth-order valence-corrected chi connectivity index (χ4v) is 7.00. The Hall–Kier alpha value is -3.51. The van der Waals surface area contributed by atoms with Crippen LogP contribution in [-0.4, -0.2) is 58.3 Å². The van der Waals surface area contributed by atoms with Gasteiger partial charge in [-0.1, -0.05) is 23.7 Å². The van der Waals surface area contributed by atoms with E-state index in [0.29, 0.717) is 38.2 Å². The maximum absolute atomic E-state index is 13.7. The fourth-order valence-electron chi connectivity index (χ4n) is 5.83. The Balaban J connectivity index is 1.00. The van der Waals surface area contributed by atoms with Crippen molar-refractivity contribution in [2.45, 2.75) is 51.0 Å². The third-order valence-electron chi connectivity index (χ3n) is 8.27. The van der Waals surface area contributed by atoms with E-state index < -0.39 is 6.01 Å². The van der Waals surface area contributed by atoms with Gasteiger partial charge in [-0.15, -0.1) is 11.3 Å². The van der Waals surface area contributed by atoms with Crippen molar-refractivity contribution in [1.29, 1.82) is 0 Å². The zero-order chi connectivity index (χ0) is 29.5. The molecule has 1 aromatic carbocycles. The molecule has 9 nitrogen and oxygen atoms in total. The molecule has 0 radical (unpaired) electrons. The first-order valence-corrected chi connectivity index (χ1v) is 15.5. The molecule has 2 aliphatic heterocycles.